The lowest BCUT2D eigenvalue weighted by Crippen LogP contribution is -2.43. The summed E-state index contributed by atoms with van der Waals surface area (Å²) in [7, 11) is 1.73. The number of piperidine rings is 1. The van der Waals surface area contributed by atoms with E-state index in [-0.39, 0.29) is 11.7 Å². The number of carbonyl (C=O) groups is 1. The Labute approximate surface area is 190 Å². The van der Waals surface area contributed by atoms with Gasteiger partial charge in [0.1, 0.15) is 23.8 Å². The van der Waals surface area contributed by atoms with Crippen molar-refractivity contribution in [3.63, 3.8) is 0 Å². The minimum atomic E-state index is -1.64. The largest absolute Gasteiger partial charge is 0.382 e. The number of aliphatic hydroxyl groups excluding tert-OH is 2. The number of benzene rings is 2. The summed E-state index contributed by atoms with van der Waals surface area (Å²) in [5.74, 6) is -0.675. The SMILES string of the molecule is Cn1c(C(O)C(O)C(=O)NCC2CCN(c3ccc(F)cc3C#N)CC2)nc2ccccc21. The summed E-state index contributed by atoms with van der Waals surface area (Å²) in [6, 6.07) is 13.6. The Hall–Kier alpha value is -3.48. The molecule has 0 saturated carbocycles. The summed E-state index contributed by atoms with van der Waals surface area (Å²) in [5.41, 5.74) is 2.49. The fraction of sp³-hybridized carbons (Fsp3) is 0.375. The highest BCUT2D eigenvalue weighted by atomic mass is 19.1. The van der Waals surface area contributed by atoms with Crippen molar-refractivity contribution in [3.05, 3.63) is 59.7 Å². The molecule has 1 amide bonds. The fourth-order valence-corrected chi connectivity index (χ4v) is 4.31. The van der Waals surface area contributed by atoms with Crippen molar-refractivity contribution in [3.8, 4) is 6.07 Å². The quantitative estimate of drug-likeness (QED) is 0.528. The number of anilines is 1. The zero-order chi connectivity index (χ0) is 23.5. The van der Waals surface area contributed by atoms with Gasteiger partial charge in [0.25, 0.3) is 5.91 Å². The molecule has 1 fully saturated rings. The molecular weight excluding hydrogens is 425 g/mol. The first kappa shape index (κ1) is 22.7. The lowest BCUT2D eigenvalue weighted by Gasteiger charge is -2.34. The lowest BCUT2D eigenvalue weighted by molar-refractivity contribution is -0.136. The molecule has 0 bridgehead atoms. The number of nitrogens with zero attached hydrogens (tertiary/aromatic N) is 4. The van der Waals surface area contributed by atoms with E-state index in [1.165, 1.54) is 12.1 Å². The molecule has 1 saturated heterocycles. The Morgan fingerprint density at radius 3 is 2.70 bits per heavy atom. The summed E-state index contributed by atoms with van der Waals surface area (Å²) in [5, 5.41) is 33.0. The number of hydrogen-bond donors (Lipinski definition) is 3. The van der Waals surface area contributed by atoms with Crippen LogP contribution in [0.25, 0.3) is 11.0 Å². The van der Waals surface area contributed by atoms with Crippen LogP contribution in [-0.4, -0.2) is 51.4 Å². The molecule has 3 aromatic rings. The maximum absolute atomic E-state index is 13.4. The second kappa shape index (κ2) is 9.57. The Kier molecular flexibility index (Phi) is 6.58. The number of aryl methyl sites for hydroxylation is 1. The second-order valence-electron chi connectivity index (χ2n) is 8.36. The van der Waals surface area contributed by atoms with E-state index >= 15 is 0 Å². The molecule has 33 heavy (non-hydrogen) atoms. The van der Waals surface area contributed by atoms with Crippen molar-refractivity contribution >= 4 is 22.6 Å². The van der Waals surface area contributed by atoms with Crippen molar-refractivity contribution in [2.75, 3.05) is 24.5 Å². The van der Waals surface area contributed by atoms with Crippen LogP contribution in [0.5, 0.6) is 0 Å². The van der Waals surface area contributed by atoms with Crippen LogP contribution in [0.15, 0.2) is 42.5 Å². The van der Waals surface area contributed by atoms with Gasteiger partial charge in [-0.25, -0.2) is 9.37 Å². The number of carbonyl (C=O) groups excluding carboxylic acids is 1. The Balaban J connectivity index is 1.31. The van der Waals surface area contributed by atoms with Gasteiger partial charge >= 0.3 is 0 Å². The number of aromatic nitrogens is 2. The fourth-order valence-electron chi connectivity index (χ4n) is 4.31. The molecule has 2 aromatic carbocycles. The van der Waals surface area contributed by atoms with Gasteiger partial charge < -0.3 is 25.0 Å². The van der Waals surface area contributed by atoms with Crippen molar-refractivity contribution in [2.45, 2.75) is 25.0 Å². The molecular formula is C24H26FN5O3. The van der Waals surface area contributed by atoms with Crippen LogP contribution in [0, 0.1) is 23.1 Å². The first-order valence-electron chi connectivity index (χ1n) is 10.9. The molecule has 0 radical (unpaired) electrons. The third-order valence-corrected chi connectivity index (χ3v) is 6.25. The average molecular weight is 452 g/mol. The van der Waals surface area contributed by atoms with Gasteiger partial charge in [0.05, 0.1) is 22.3 Å². The summed E-state index contributed by atoms with van der Waals surface area (Å²) >= 11 is 0. The van der Waals surface area contributed by atoms with Crippen LogP contribution in [0.3, 0.4) is 0 Å². The molecule has 1 aliphatic rings. The van der Waals surface area contributed by atoms with E-state index in [4.69, 9.17) is 0 Å². The maximum atomic E-state index is 13.4. The molecule has 8 nitrogen and oxygen atoms in total. The molecule has 0 aliphatic carbocycles. The molecule has 1 aromatic heterocycles. The van der Waals surface area contributed by atoms with Gasteiger partial charge in [0.2, 0.25) is 0 Å². The molecule has 2 atom stereocenters. The number of para-hydroxylation sites is 2. The minimum absolute atomic E-state index is 0.191. The predicted molar refractivity (Wildman–Crippen MR) is 121 cm³/mol. The Morgan fingerprint density at radius 1 is 1.27 bits per heavy atom. The van der Waals surface area contributed by atoms with E-state index in [0.717, 1.165) is 18.4 Å². The monoisotopic (exact) mass is 451 g/mol. The third-order valence-electron chi connectivity index (χ3n) is 6.25. The predicted octanol–water partition coefficient (Wildman–Crippen LogP) is 2.01. The normalized spacial score (nSPS) is 16.4. The smallest absolute Gasteiger partial charge is 0.252 e. The first-order valence-corrected chi connectivity index (χ1v) is 10.9. The van der Waals surface area contributed by atoms with Crippen molar-refractivity contribution in [1.82, 2.24) is 14.9 Å². The minimum Gasteiger partial charge on any atom is -0.382 e. The summed E-state index contributed by atoms with van der Waals surface area (Å²) in [6.45, 7) is 1.71. The molecule has 2 unspecified atom stereocenters. The highest BCUT2D eigenvalue weighted by Crippen LogP contribution is 2.27. The number of amides is 1. The van der Waals surface area contributed by atoms with Crippen molar-refractivity contribution in [1.29, 1.82) is 5.26 Å². The lowest BCUT2D eigenvalue weighted by atomic mass is 9.95. The number of hydrogen-bond acceptors (Lipinski definition) is 6. The number of nitriles is 1. The van der Waals surface area contributed by atoms with E-state index in [1.54, 1.807) is 23.7 Å². The van der Waals surface area contributed by atoms with Crippen molar-refractivity contribution in [2.24, 2.45) is 13.0 Å². The number of rotatable bonds is 6. The average Bonchev–Trinajstić information content (AvgIpc) is 3.18. The zero-order valence-corrected chi connectivity index (χ0v) is 18.3. The highest BCUT2D eigenvalue weighted by molar-refractivity contribution is 5.82. The van der Waals surface area contributed by atoms with E-state index in [9.17, 15) is 24.7 Å². The van der Waals surface area contributed by atoms with Gasteiger partial charge in [-0.3, -0.25) is 4.79 Å². The molecule has 172 valence electrons. The van der Waals surface area contributed by atoms with Crippen molar-refractivity contribution < 1.29 is 19.4 Å². The van der Waals surface area contributed by atoms with Gasteiger partial charge in [0, 0.05) is 26.7 Å². The van der Waals surface area contributed by atoms with Crippen LogP contribution >= 0.6 is 0 Å². The van der Waals surface area contributed by atoms with E-state index in [2.05, 4.69) is 10.3 Å². The Morgan fingerprint density at radius 2 is 2.00 bits per heavy atom. The molecule has 4 rings (SSSR count). The van der Waals surface area contributed by atoms with Gasteiger partial charge in [-0.15, -0.1) is 0 Å². The molecule has 9 heteroatoms. The van der Waals surface area contributed by atoms with Gasteiger partial charge in [-0.2, -0.15) is 5.26 Å². The van der Waals surface area contributed by atoms with Gasteiger partial charge in [-0.05, 0) is 49.1 Å². The topological polar surface area (TPSA) is 114 Å². The van der Waals surface area contributed by atoms with Crippen LogP contribution < -0.4 is 10.2 Å². The number of halogens is 1. The van der Waals surface area contributed by atoms with Gasteiger partial charge in [-0.1, -0.05) is 12.1 Å². The summed E-state index contributed by atoms with van der Waals surface area (Å²) < 4.78 is 15.1. The third kappa shape index (κ3) is 4.67. The first-order chi connectivity index (χ1) is 15.9. The highest BCUT2D eigenvalue weighted by Gasteiger charge is 2.30. The van der Waals surface area contributed by atoms with E-state index in [0.29, 0.717) is 36.4 Å². The Bertz CT molecular complexity index is 1200. The van der Waals surface area contributed by atoms with Crippen LogP contribution in [-0.2, 0) is 11.8 Å². The molecule has 3 N–H and O–H groups in total. The van der Waals surface area contributed by atoms with Crippen LogP contribution in [0.2, 0.25) is 0 Å². The standard InChI is InChI=1S/C24H26FN5O3/c1-29-20-5-3-2-4-18(20)28-23(29)21(31)22(32)24(33)27-14-15-8-10-30(11-9-15)19-7-6-17(25)12-16(19)13-26/h2-7,12,15,21-22,31-32H,8-11,14H2,1H3,(H,27,33). The number of fused-ring (bicyclic) bond motifs is 1. The van der Waals surface area contributed by atoms with E-state index < -0.39 is 23.9 Å². The summed E-state index contributed by atoms with van der Waals surface area (Å²) in [4.78, 5) is 18.9. The maximum Gasteiger partial charge on any atom is 0.252 e. The number of imidazole rings is 1. The van der Waals surface area contributed by atoms with Gasteiger partial charge in [0.15, 0.2) is 6.10 Å². The molecule has 1 aliphatic heterocycles. The van der Waals surface area contributed by atoms with Crippen LogP contribution in [0.1, 0.15) is 30.3 Å². The van der Waals surface area contributed by atoms with Crippen LogP contribution in [0.4, 0.5) is 10.1 Å². The summed E-state index contributed by atoms with van der Waals surface area (Å²) in [6.07, 6.45) is -1.55. The molecule has 2 heterocycles. The van der Waals surface area contributed by atoms with E-state index in [1.807, 2.05) is 29.2 Å². The molecule has 0 spiro atoms. The number of nitrogens with one attached hydrogen (secondary N) is 1. The zero-order valence-electron chi connectivity index (χ0n) is 18.3. The number of aliphatic hydroxyl groups is 2. The second-order valence-corrected chi connectivity index (χ2v) is 8.36.